The lowest BCUT2D eigenvalue weighted by Crippen LogP contribution is -2.38. The van der Waals surface area contributed by atoms with E-state index in [0.717, 1.165) is 38.4 Å². The molecule has 104 valence electrons. The second-order valence-corrected chi connectivity index (χ2v) is 5.00. The fourth-order valence-electron chi connectivity index (χ4n) is 2.53. The van der Waals surface area contributed by atoms with Gasteiger partial charge >= 0.3 is 0 Å². The molecule has 0 saturated carbocycles. The number of carbonyl (C=O) groups excluding carboxylic acids is 1. The average molecular weight is 265 g/mol. The Morgan fingerprint density at radius 3 is 3.00 bits per heavy atom. The molecule has 1 aromatic heterocycles. The number of pyridine rings is 1. The van der Waals surface area contributed by atoms with Gasteiger partial charge in [-0.1, -0.05) is 12.8 Å². The van der Waals surface area contributed by atoms with Gasteiger partial charge in [-0.2, -0.15) is 0 Å². The maximum absolute atomic E-state index is 13.3. The number of anilines is 1. The van der Waals surface area contributed by atoms with Crippen molar-refractivity contribution in [2.45, 2.75) is 38.6 Å². The molecule has 5 heteroatoms. The summed E-state index contributed by atoms with van der Waals surface area (Å²) >= 11 is 0. The summed E-state index contributed by atoms with van der Waals surface area (Å²) in [6.45, 7) is 2.79. The number of hydrogen-bond donors (Lipinski definition) is 1. The highest BCUT2D eigenvalue weighted by atomic mass is 19.1. The Morgan fingerprint density at radius 1 is 1.47 bits per heavy atom. The highest BCUT2D eigenvalue weighted by Crippen LogP contribution is 2.22. The first kappa shape index (κ1) is 13.8. The smallest absolute Gasteiger partial charge is 0.257 e. The van der Waals surface area contributed by atoms with E-state index in [1.807, 2.05) is 4.90 Å². The number of amides is 1. The summed E-state index contributed by atoms with van der Waals surface area (Å²) in [6.07, 6.45) is 5.42. The van der Waals surface area contributed by atoms with Crippen LogP contribution in [0.25, 0.3) is 0 Å². The third-order valence-corrected chi connectivity index (χ3v) is 3.64. The van der Waals surface area contributed by atoms with Crippen LogP contribution >= 0.6 is 0 Å². The molecule has 1 amide bonds. The summed E-state index contributed by atoms with van der Waals surface area (Å²) in [5.74, 6) is -0.182. The van der Waals surface area contributed by atoms with Gasteiger partial charge in [0.1, 0.15) is 11.6 Å². The quantitative estimate of drug-likeness (QED) is 0.894. The van der Waals surface area contributed by atoms with Gasteiger partial charge in [0.05, 0.1) is 11.8 Å². The summed E-state index contributed by atoms with van der Waals surface area (Å²) in [4.78, 5) is 18.3. The maximum atomic E-state index is 13.3. The van der Waals surface area contributed by atoms with Gasteiger partial charge in [-0.25, -0.2) is 9.37 Å². The van der Waals surface area contributed by atoms with Crippen LogP contribution in [-0.2, 0) is 0 Å². The van der Waals surface area contributed by atoms with E-state index in [0.29, 0.717) is 11.4 Å². The van der Waals surface area contributed by atoms with Crippen LogP contribution in [0.4, 0.5) is 10.2 Å². The Labute approximate surface area is 113 Å². The molecule has 1 aromatic rings. The number of halogens is 1. The largest absolute Gasteiger partial charge is 0.372 e. The van der Waals surface area contributed by atoms with E-state index < -0.39 is 5.82 Å². The van der Waals surface area contributed by atoms with E-state index in [1.54, 1.807) is 7.05 Å². The maximum Gasteiger partial charge on any atom is 0.257 e. The first-order chi connectivity index (χ1) is 9.13. The van der Waals surface area contributed by atoms with Crippen molar-refractivity contribution in [3.05, 3.63) is 23.6 Å². The zero-order valence-electron chi connectivity index (χ0n) is 11.4. The van der Waals surface area contributed by atoms with Crippen LogP contribution in [0.2, 0.25) is 0 Å². The van der Waals surface area contributed by atoms with E-state index in [-0.39, 0.29) is 11.9 Å². The van der Waals surface area contributed by atoms with Crippen LogP contribution in [0, 0.1) is 5.82 Å². The Kier molecular flexibility index (Phi) is 4.35. The van der Waals surface area contributed by atoms with Crippen LogP contribution in [0.3, 0.4) is 0 Å². The zero-order valence-corrected chi connectivity index (χ0v) is 11.4. The monoisotopic (exact) mass is 265 g/mol. The fourth-order valence-corrected chi connectivity index (χ4v) is 2.53. The van der Waals surface area contributed by atoms with Crippen molar-refractivity contribution in [2.24, 2.45) is 0 Å². The molecule has 1 aliphatic heterocycles. The number of likely N-dealkylation sites (tertiary alicyclic amines) is 1. The van der Waals surface area contributed by atoms with Gasteiger partial charge in [-0.05, 0) is 25.8 Å². The molecule has 1 fully saturated rings. The van der Waals surface area contributed by atoms with Crippen molar-refractivity contribution in [1.82, 2.24) is 9.88 Å². The van der Waals surface area contributed by atoms with Gasteiger partial charge in [-0.15, -0.1) is 0 Å². The minimum absolute atomic E-state index is 0.134. The summed E-state index contributed by atoms with van der Waals surface area (Å²) in [5, 5.41) is 2.85. The van der Waals surface area contributed by atoms with Gasteiger partial charge < -0.3 is 10.2 Å². The summed E-state index contributed by atoms with van der Waals surface area (Å²) < 4.78 is 13.3. The second kappa shape index (κ2) is 5.99. The third kappa shape index (κ3) is 3.03. The van der Waals surface area contributed by atoms with Gasteiger partial charge in [-0.3, -0.25) is 4.79 Å². The van der Waals surface area contributed by atoms with Crippen LogP contribution in [-0.4, -0.2) is 35.4 Å². The van der Waals surface area contributed by atoms with Crippen molar-refractivity contribution in [3.63, 3.8) is 0 Å². The normalized spacial score (nSPS) is 19.9. The molecule has 2 heterocycles. The van der Waals surface area contributed by atoms with Gasteiger partial charge in [0, 0.05) is 19.6 Å². The fraction of sp³-hybridized carbons (Fsp3) is 0.571. The Hall–Kier alpha value is -1.65. The van der Waals surface area contributed by atoms with Gasteiger partial charge in [0.15, 0.2) is 0 Å². The van der Waals surface area contributed by atoms with Crippen molar-refractivity contribution in [3.8, 4) is 0 Å². The van der Waals surface area contributed by atoms with E-state index >= 15 is 0 Å². The van der Waals surface area contributed by atoms with Crippen molar-refractivity contribution in [1.29, 1.82) is 0 Å². The third-order valence-electron chi connectivity index (χ3n) is 3.64. The van der Waals surface area contributed by atoms with E-state index in [2.05, 4.69) is 17.2 Å². The number of nitrogens with one attached hydrogen (secondary N) is 1. The molecular weight excluding hydrogens is 245 g/mol. The van der Waals surface area contributed by atoms with Crippen molar-refractivity contribution >= 4 is 11.7 Å². The Morgan fingerprint density at radius 2 is 2.26 bits per heavy atom. The van der Waals surface area contributed by atoms with Crippen LogP contribution in [0.5, 0.6) is 0 Å². The minimum atomic E-state index is -0.482. The van der Waals surface area contributed by atoms with Crippen LogP contribution < -0.4 is 5.32 Å². The number of nitrogens with zero attached hydrogens (tertiary/aromatic N) is 2. The average Bonchev–Trinajstić information content (AvgIpc) is 2.62. The van der Waals surface area contributed by atoms with Crippen molar-refractivity contribution in [2.75, 3.05) is 18.9 Å². The highest BCUT2D eigenvalue weighted by molar-refractivity contribution is 5.98. The standard InChI is InChI=1S/C14H20FN3O/c1-10-6-4-3-5-7-18(10)14(19)12-8-11(15)9-17-13(12)16-2/h8-10H,3-7H2,1-2H3,(H,16,17). The minimum Gasteiger partial charge on any atom is -0.372 e. The zero-order chi connectivity index (χ0) is 13.8. The second-order valence-electron chi connectivity index (χ2n) is 5.00. The SMILES string of the molecule is CNc1ncc(F)cc1C(=O)N1CCCCCC1C. The molecule has 2 rings (SSSR count). The number of aromatic nitrogens is 1. The highest BCUT2D eigenvalue weighted by Gasteiger charge is 2.25. The summed E-state index contributed by atoms with van der Waals surface area (Å²) in [5.41, 5.74) is 0.316. The molecule has 0 bridgehead atoms. The van der Waals surface area contributed by atoms with Crippen LogP contribution in [0.1, 0.15) is 43.0 Å². The summed E-state index contributed by atoms with van der Waals surface area (Å²) in [6, 6.07) is 1.46. The molecule has 1 atom stereocenters. The lowest BCUT2D eigenvalue weighted by Gasteiger charge is -2.27. The molecule has 0 aliphatic carbocycles. The van der Waals surface area contributed by atoms with E-state index in [1.165, 1.54) is 6.07 Å². The topological polar surface area (TPSA) is 45.2 Å². The molecule has 0 spiro atoms. The Balaban J connectivity index is 2.29. The molecule has 19 heavy (non-hydrogen) atoms. The lowest BCUT2D eigenvalue weighted by molar-refractivity contribution is 0.0698. The number of carbonyl (C=O) groups is 1. The summed E-state index contributed by atoms with van der Waals surface area (Å²) in [7, 11) is 1.68. The molecule has 1 aliphatic rings. The Bertz CT molecular complexity index is 464. The van der Waals surface area contributed by atoms with Crippen molar-refractivity contribution < 1.29 is 9.18 Å². The molecule has 1 saturated heterocycles. The van der Waals surface area contributed by atoms with E-state index in [9.17, 15) is 9.18 Å². The molecule has 1 unspecified atom stereocenters. The molecule has 0 aromatic carbocycles. The van der Waals surface area contributed by atoms with E-state index in [4.69, 9.17) is 0 Å². The van der Waals surface area contributed by atoms with Crippen LogP contribution in [0.15, 0.2) is 12.3 Å². The number of hydrogen-bond acceptors (Lipinski definition) is 3. The van der Waals surface area contributed by atoms with Gasteiger partial charge in [0.2, 0.25) is 0 Å². The van der Waals surface area contributed by atoms with Gasteiger partial charge in [0.25, 0.3) is 5.91 Å². The molecular formula is C14H20FN3O. The molecule has 4 nitrogen and oxygen atoms in total. The first-order valence-corrected chi connectivity index (χ1v) is 6.77. The predicted molar refractivity (Wildman–Crippen MR) is 72.7 cm³/mol. The molecule has 1 N–H and O–H groups in total. The predicted octanol–water partition coefficient (Wildman–Crippen LogP) is 2.67. The first-order valence-electron chi connectivity index (χ1n) is 6.77. The lowest BCUT2D eigenvalue weighted by atomic mass is 10.1. The molecule has 0 radical (unpaired) electrons. The number of rotatable bonds is 2.